The van der Waals surface area contributed by atoms with Crippen LogP contribution in [-0.4, -0.2) is 47.7 Å². The number of hydrogen-bond donors (Lipinski definition) is 0. The van der Waals surface area contributed by atoms with Gasteiger partial charge in [-0.1, -0.05) is 0 Å². The van der Waals surface area contributed by atoms with Crippen LogP contribution in [-0.2, 0) is 9.53 Å². The molecule has 0 aliphatic heterocycles. The number of rotatable bonds is 5. The van der Waals surface area contributed by atoms with Crippen molar-refractivity contribution in [3.05, 3.63) is 23.9 Å². The van der Waals surface area contributed by atoms with E-state index in [0.717, 1.165) is 0 Å². The maximum Gasteiger partial charge on any atom is 0.325 e. The minimum atomic E-state index is -0.434. The van der Waals surface area contributed by atoms with E-state index in [1.165, 1.54) is 23.8 Å². The van der Waals surface area contributed by atoms with Crippen molar-refractivity contribution >= 4 is 23.6 Å². The fourth-order valence-electron chi connectivity index (χ4n) is 1.56. The predicted molar refractivity (Wildman–Crippen MR) is 74.2 cm³/mol. The largest absolute Gasteiger partial charge is 0.468 e. The third-order valence-corrected chi connectivity index (χ3v) is 3.32. The smallest absolute Gasteiger partial charge is 0.325 e. The van der Waals surface area contributed by atoms with Crippen molar-refractivity contribution in [3.8, 4) is 0 Å². The molecule has 6 heteroatoms. The van der Waals surface area contributed by atoms with Gasteiger partial charge in [0.15, 0.2) is 0 Å². The van der Waals surface area contributed by atoms with Gasteiger partial charge in [0.05, 0.1) is 12.7 Å². The summed E-state index contributed by atoms with van der Waals surface area (Å²) < 4.78 is 4.62. The molecule has 1 heterocycles. The molecule has 0 spiro atoms. The highest BCUT2D eigenvalue weighted by Crippen LogP contribution is 2.19. The zero-order valence-electron chi connectivity index (χ0n) is 11.5. The van der Waals surface area contributed by atoms with E-state index in [4.69, 9.17) is 0 Å². The van der Waals surface area contributed by atoms with E-state index in [1.807, 2.05) is 20.1 Å². The first kappa shape index (κ1) is 15.5. The van der Waals surface area contributed by atoms with Crippen molar-refractivity contribution in [3.63, 3.8) is 0 Å². The molecule has 0 aliphatic rings. The van der Waals surface area contributed by atoms with Crippen LogP contribution >= 0.6 is 11.8 Å². The molecule has 104 valence electrons. The van der Waals surface area contributed by atoms with Crippen LogP contribution in [0.1, 0.15) is 24.2 Å². The van der Waals surface area contributed by atoms with E-state index in [2.05, 4.69) is 9.72 Å². The SMILES string of the molecule is COC(=O)CN(C(=O)c1cccnc1SC)C(C)C. The summed E-state index contributed by atoms with van der Waals surface area (Å²) in [5.74, 6) is -0.644. The van der Waals surface area contributed by atoms with Crippen LogP contribution in [0.25, 0.3) is 0 Å². The number of ether oxygens (including phenoxy) is 1. The Bertz CT molecular complexity index is 463. The van der Waals surface area contributed by atoms with E-state index in [-0.39, 0.29) is 18.5 Å². The first-order valence-corrected chi connectivity index (χ1v) is 7.10. The number of pyridine rings is 1. The second kappa shape index (κ2) is 7.13. The number of esters is 1. The third-order valence-electron chi connectivity index (χ3n) is 2.61. The fourth-order valence-corrected chi connectivity index (χ4v) is 2.11. The summed E-state index contributed by atoms with van der Waals surface area (Å²) >= 11 is 1.40. The molecule has 0 aliphatic carbocycles. The number of nitrogens with zero attached hydrogens (tertiary/aromatic N) is 2. The first-order chi connectivity index (χ1) is 9.01. The Morgan fingerprint density at radius 2 is 2.16 bits per heavy atom. The van der Waals surface area contributed by atoms with Gasteiger partial charge in [0.1, 0.15) is 11.6 Å². The summed E-state index contributed by atoms with van der Waals surface area (Å²) in [4.78, 5) is 29.5. The molecule has 5 nitrogen and oxygen atoms in total. The minimum Gasteiger partial charge on any atom is -0.468 e. The molecular formula is C13H18N2O3S. The summed E-state index contributed by atoms with van der Waals surface area (Å²) in [5.41, 5.74) is 0.507. The lowest BCUT2D eigenvalue weighted by atomic mass is 10.2. The van der Waals surface area contributed by atoms with Gasteiger partial charge in [-0.25, -0.2) is 4.98 Å². The maximum atomic E-state index is 12.5. The Kier molecular flexibility index (Phi) is 5.82. The highest BCUT2D eigenvalue weighted by molar-refractivity contribution is 7.98. The molecule has 0 atom stereocenters. The summed E-state index contributed by atoms with van der Waals surface area (Å²) in [5, 5.41) is 0.656. The predicted octanol–water partition coefficient (Wildman–Crippen LogP) is 1.83. The molecule has 19 heavy (non-hydrogen) atoms. The molecule has 1 aromatic heterocycles. The van der Waals surface area contributed by atoms with Gasteiger partial charge in [0.25, 0.3) is 5.91 Å². The topological polar surface area (TPSA) is 59.5 Å². The van der Waals surface area contributed by atoms with Gasteiger partial charge in [0, 0.05) is 12.2 Å². The Morgan fingerprint density at radius 3 is 2.68 bits per heavy atom. The standard InChI is InChI=1S/C13H18N2O3S/c1-9(2)15(8-11(16)18-3)13(17)10-6-5-7-14-12(10)19-4/h5-7,9H,8H2,1-4H3. The van der Waals surface area contributed by atoms with Crippen LogP contribution in [0.4, 0.5) is 0 Å². The van der Waals surface area contributed by atoms with Gasteiger partial charge >= 0.3 is 5.97 Å². The maximum absolute atomic E-state index is 12.5. The van der Waals surface area contributed by atoms with Crippen molar-refractivity contribution in [2.24, 2.45) is 0 Å². The summed E-state index contributed by atoms with van der Waals surface area (Å²) in [6, 6.07) is 3.33. The van der Waals surface area contributed by atoms with E-state index >= 15 is 0 Å². The van der Waals surface area contributed by atoms with Gasteiger partial charge in [-0.2, -0.15) is 0 Å². The Balaban J connectivity index is 3.02. The Morgan fingerprint density at radius 1 is 1.47 bits per heavy atom. The zero-order valence-corrected chi connectivity index (χ0v) is 12.4. The third kappa shape index (κ3) is 3.96. The molecule has 0 bridgehead atoms. The Labute approximate surface area is 117 Å². The van der Waals surface area contributed by atoms with Crippen LogP contribution in [0.2, 0.25) is 0 Å². The van der Waals surface area contributed by atoms with Crippen molar-refractivity contribution in [1.82, 2.24) is 9.88 Å². The van der Waals surface area contributed by atoms with Crippen molar-refractivity contribution < 1.29 is 14.3 Å². The van der Waals surface area contributed by atoms with Gasteiger partial charge in [-0.05, 0) is 32.2 Å². The van der Waals surface area contributed by atoms with E-state index < -0.39 is 5.97 Å². The van der Waals surface area contributed by atoms with E-state index in [1.54, 1.807) is 18.3 Å². The first-order valence-electron chi connectivity index (χ1n) is 5.88. The molecule has 1 aromatic rings. The molecule has 0 aromatic carbocycles. The highest BCUT2D eigenvalue weighted by Gasteiger charge is 2.24. The number of amides is 1. The van der Waals surface area contributed by atoms with Crippen LogP contribution in [0.15, 0.2) is 23.4 Å². The minimum absolute atomic E-state index is 0.0598. The molecular weight excluding hydrogens is 264 g/mol. The molecule has 0 radical (unpaired) electrons. The zero-order chi connectivity index (χ0) is 14.4. The fraction of sp³-hybridized carbons (Fsp3) is 0.462. The van der Waals surface area contributed by atoms with Gasteiger partial charge in [-0.15, -0.1) is 11.8 Å². The van der Waals surface area contributed by atoms with Crippen LogP contribution in [0, 0.1) is 0 Å². The molecule has 0 saturated heterocycles. The average Bonchev–Trinajstić information content (AvgIpc) is 2.43. The lowest BCUT2D eigenvalue weighted by Crippen LogP contribution is -2.41. The number of aromatic nitrogens is 1. The highest BCUT2D eigenvalue weighted by atomic mass is 32.2. The summed E-state index contributed by atoms with van der Waals surface area (Å²) in [6.07, 6.45) is 3.50. The quantitative estimate of drug-likeness (QED) is 0.609. The number of methoxy groups -OCH3 is 1. The molecule has 1 amide bonds. The van der Waals surface area contributed by atoms with E-state index in [0.29, 0.717) is 10.6 Å². The molecule has 1 rings (SSSR count). The molecule has 0 saturated carbocycles. The number of hydrogen-bond acceptors (Lipinski definition) is 5. The lowest BCUT2D eigenvalue weighted by molar-refractivity contribution is -0.141. The summed E-state index contributed by atoms with van der Waals surface area (Å²) in [7, 11) is 1.31. The lowest BCUT2D eigenvalue weighted by Gasteiger charge is -2.26. The van der Waals surface area contributed by atoms with Crippen LogP contribution < -0.4 is 0 Å². The van der Waals surface area contributed by atoms with Gasteiger partial charge < -0.3 is 9.64 Å². The van der Waals surface area contributed by atoms with Crippen LogP contribution in [0.5, 0.6) is 0 Å². The second-order valence-electron chi connectivity index (χ2n) is 4.16. The van der Waals surface area contributed by atoms with Crippen LogP contribution in [0.3, 0.4) is 0 Å². The molecule has 0 N–H and O–H groups in total. The number of thioether (sulfide) groups is 1. The van der Waals surface area contributed by atoms with Crippen molar-refractivity contribution in [2.75, 3.05) is 19.9 Å². The second-order valence-corrected chi connectivity index (χ2v) is 4.96. The Hall–Kier alpha value is -1.56. The number of carbonyl (C=O) groups is 2. The monoisotopic (exact) mass is 282 g/mol. The number of carbonyl (C=O) groups excluding carboxylic acids is 2. The molecule has 0 fully saturated rings. The average molecular weight is 282 g/mol. The van der Waals surface area contributed by atoms with Gasteiger partial charge in [-0.3, -0.25) is 9.59 Å². The van der Waals surface area contributed by atoms with Crippen molar-refractivity contribution in [1.29, 1.82) is 0 Å². The molecule has 0 unspecified atom stereocenters. The van der Waals surface area contributed by atoms with Gasteiger partial charge in [0.2, 0.25) is 0 Å². The van der Waals surface area contributed by atoms with Crippen molar-refractivity contribution in [2.45, 2.75) is 24.9 Å². The van der Waals surface area contributed by atoms with E-state index in [9.17, 15) is 9.59 Å². The normalized spacial score (nSPS) is 10.4. The summed E-state index contributed by atoms with van der Waals surface area (Å²) in [6.45, 7) is 3.65.